The maximum absolute atomic E-state index is 10.6. The van der Waals surface area contributed by atoms with E-state index in [2.05, 4.69) is 20.9 Å². The molecular weight excluding hydrogens is 262 g/mol. The Hall–Kier alpha value is -1.62. The minimum Gasteiger partial charge on any atom is -0.478 e. The molecule has 0 spiro atoms. The Morgan fingerprint density at radius 3 is 2.47 bits per heavy atom. The van der Waals surface area contributed by atoms with E-state index >= 15 is 0 Å². The lowest BCUT2D eigenvalue weighted by atomic mass is 10.1. The van der Waals surface area contributed by atoms with E-state index < -0.39 is 5.97 Å². The predicted octanol–water partition coefficient (Wildman–Crippen LogP) is 2.80. The van der Waals surface area contributed by atoms with Crippen LogP contribution in [0.2, 0.25) is 0 Å². The molecule has 5 heteroatoms. The molecule has 0 bridgehead atoms. The summed E-state index contributed by atoms with van der Waals surface area (Å²) in [4.78, 5) is 14.7. The van der Waals surface area contributed by atoms with E-state index in [-0.39, 0.29) is 5.56 Å². The van der Waals surface area contributed by atoms with Crippen molar-refractivity contribution in [1.82, 2.24) is 4.98 Å². The van der Waals surface area contributed by atoms with Crippen molar-refractivity contribution in [2.45, 2.75) is 0 Å². The zero-order valence-corrected chi connectivity index (χ0v) is 9.06. The molecule has 15 heavy (non-hydrogen) atoms. The lowest BCUT2D eigenvalue weighted by molar-refractivity contribution is 0.0697. The number of carboxylic acid groups (broad SMARTS) is 1. The van der Waals surface area contributed by atoms with Crippen molar-refractivity contribution in [3.05, 3.63) is 40.7 Å². The highest BCUT2D eigenvalue weighted by molar-refractivity contribution is 9.10. The molecule has 1 N–H and O–H groups in total. The average Bonchev–Trinajstić information content (AvgIpc) is 2.65. The average molecular weight is 268 g/mol. The van der Waals surface area contributed by atoms with Gasteiger partial charge in [0, 0.05) is 5.56 Å². The van der Waals surface area contributed by atoms with Gasteiger partial charge in [-0.1, -0.05) is 0 Å². The van der Waals surface area contributed by atoms with E-state index in [0.29, 0.717) is 10.5 Å². The van der Waals surface area contributed by atoms with Crippen LogP contribution in [-0.2, 0) is 0 Å². The third kappa shape index (κ3) is 2.07. The van der Waals surface area contributed by atoms with Crippen molar-refractivity contribution < 1.29 is 14.3 Å². The summed E-state index contributed by atoms with van der Waals surface area (Å²) < 4.78 is 5.76. The molecule has 1 aromatic carbocycles. The van der Waals surface area contributed by atoms with Gasteiger partial charge >= 0.3 is 5.97 Å². The lowest BCUT2D eigenvalue weighted by Crippen LogP contribution is -1.94. The number of hydrogen-bond acceptors (Lipinski definition) is 3. The summed E-state index contributed by atoms with van der Waals surface area (Å²) in [6.45, 7) is 0. The number of carbonyl (C=O) groups is 1. The molecule has 0 saturated carbocycles. The van der Waals surface area contributed by atoms with Gasteiger partial charge in [0.15, 0.2) is 0 Å². The molecule has 1 aromatic heterocycles. The molecule has 0 radical (unpaired) electrons. The summed E-state index contributed by atoms with van der Waals surface area (Å²) in [6.07, 6.45) is 1.47. The Balaban J connectivity index is 2.35. The first-order valence-electron chi connectivity index (χ1n) is 4.11. The van der Waals surface area contributed by atoms with Crippen LogP contribution in [0.15, 0.2) is 39.5 Å². The van der Waals surface area contributed by atoms with Crippen LogP contribution < -0.4 is 0 Å². The van der Waals surface area contributed by atoms with Crippen LogP contribution in [0.5, 0.6) is 0 Å². The van der Waals surface area contributed by atoms with Crippen LogP contribution in [0.3, 0.4) is 0 Å². The SMILES string of the molecule is O=C(O)c1ccc(-c2nc(Br)co2)cc1. The summed E-state index contributed by atoms with van der Waals surface area (Å²) in [5.74, 6) is -0.492. The molecule has 0 aliphatic heterocycles. The van der Waals surface area contributed by atoms with E-state index in [0.717, 1.165) is 5.56 Å². The lowest BCUT2D eigenvalue weighted by Gasteiger charge is -1.96. The van der Waals surface area contributed by atoms with Gasteiger partial charge in [-0.2, -0.15) is 0 Å². The second kappa shape index (κ2) is 3.86. The van der Waals surface area contributed by atoms with Crippen LogP contribution in [0.4, 0.5) is 0 Å². The van der Waals surface area contributed by atoms with Gasteiger partial charge < -0.3 is 9.52 Å². The van der Waals surface area contributed by atoms with Crippen molar-refractivity contribution in [2.75, 3.05) is 0 Å². The number of aromatic nitrogens is 1. The molecule has 0 aliphatic carbocycles. The largest absolute Gasteiger partial charge is 0.478 e. The summed E-state index contributed by atoms with van der Waals surface area (Å²) in [5.41, 5.74) is 0.982. The van der Waals surface area contributed by atoms with Gasteiger partial charge in [-0.15, -0.1) is 0 Å². The molecule has 0 amide bonds. The third-order valence-corrected chi connectivity index (χ3v) is 2.22. The zero-order chi connectivity index (χ0) is 10.8. The fourth-order valence-corrected chi connectivity index (χ4v) is 1.40. The Kier molecular flexibility index (Phi) is 2.55. The normalized spacial score (nSPS) is 10.2. The van der Waals surface area contributed by atoms with Gasteiger partial charge in [-0.3, -0.25) is 0 Å². The fourth-order valence-electron chi connectivity index (χ4n) is 1.14. The molecule has 0 unspecified atom stereocenters. The van der Waals surface area contributed by atoms with Gasteiger partial charge in [-0.05, 0) is 40.2 Å². The minimum atomic E-state index is -0.949. The number of oxazole rings is 1. The highest BCUT2D eigenvalue weighted by atomic mass is 79.9. The first-order valence-corrected chi connectivity index (χ1v) is 4.91. The van der Waals surface area contributed by atoms with Gasteiger partial charge in [0.2, 0.25) is 5.89 Å². The number of halogens is 1. The Bertz CT molecular complexity index is 490. The number of hydrogen-bond donors (Lipinski definition) is 1. The van der Waals surface area contributed by atoms with E-state index in [9.17, 15) is 4.79 Å². The smallest absolute Gasteiger partial charge is 0.335 e. The molecule has 76 valence electrons. The number of carboxylic acids is 1. The van der Waals surface area contributed by atoms with Crippen molar-refractivity contribution in [2.24, 2.45) is 0 Å². The Morgan fingerprint density at radius 1 is 1.33 bits per heavy atom. The molecular formula is C10H6BrNO3. The number of benzene rings is 1. The van der Waals surface area contributed by atoms with Crippen LogP contribution >= 0.6 is 15.9 Å². The maximum atomic E-state index is 10.6. The highest BCUT2D eigenvalue weighted by Gasteiger charge is 2.06. The minimum absolute atomic E-state index is 0.240. The Labute approximate surface area is 93.7 Å². The summed E-state index contributed by atoms with van der Waals surface area (Å²) in [7, 11) is 0. The van der Waals surface area contributed by atoms with Crippen LogP contribution in [0.1, 0.15) is 10.4 Å². The maximum Gasteiger partial charge on any atom is 0.335 e. The van der Waals surface area contributed by atoms with Gasteiger partial charge in [-0.25, -0.2) is 9.78 Å². The third-order valence-electron chi connectivity index (χ3n) is 1.85. The van der Waals surface area contributed by atoms with E-state index in [1.165, 1.54) is 18.4 Å². The molecule has 0 saturated heterocycles. The van der Waals surface area contributed by atoms with Crippen molar-refractivity contribution in [3.8, 4) is 11.5 Å². The van der Waals surface area contributed by atoms with Crippen LogP contribution in [-0.4, -0.2) is 16.1 Å². The zero-order valence-electron chi connectivity index (χ0n) is 7.48. The second-order valence-electron chi connectivity index (χ2n) is 2.86. The number of rotatable bonds is 2. The number of nitrogens with zero attached hydrogens (tertiary/aromatic N) is 1. The van der Waals surface area contributed by atoms with Crippen LogP contribution in [0, 0.1) is 0 Å². The fraction of sp³-hybridized carbons (Fsp3) is 0. The van der Waals surface area contributed by atoms with Crippen molar-refractivity contribution in [1.29, 1.82) is 0 Å². The van der Waals surface area contributed by atoms with Crippen molar-refractivity contribution in [3.63, 3.8) is 0 Å². The summed E-state index contributed by atoms with van der Waals surface area (Å²) in [6, 6.07) is 6.33. The molecule has 0 fully saturated rings. The van der Waals surface area contributed by atoms with E-state index in [4.69, 9.17) is 9.52 Å². The molecule has 2 aromatic rings. The first kappa shape index (κ1) is 9.92. The van der Waals surface area contributed by atoms with Gasteiger partial charge in [0.25, 0.3) is 0 Å². The Morgan fingerprint density at radius 2 is 2.00 bits per heavy atom. The number of aromatic carboxylic acids is 1. The molecule has 1 heterocycles. The van der Waals surface area contributed by atoms with E-state index in [1.807, 2.05) is 0 Å². The topological polar surface area (TPSA) is 63.3 Å². The monoisotopic (exact) mass is 267 g/mol. The molecule has 4 nitrogen and oxygen atoms in total. The van der Waals surface area contributed by atoms with Gasteiger partial charge in [0.05, 0.1) is 5.56 Å². The molecule has 0 atom stereocenters. The molecule has 0 aliphatic rings. The quantitative estimate of drug-likeness (QED) is 0.909. The standard InChI is InChI=1S/C10H6BrNO3/c11-8-5-15-9(12-8)6-1-3-7(4-2-6)10(13)14/h1-5H,(H,13,14). The predicted molar refractivity (Wildman–Crippen MR) is 56.6 cm³/mol. The van der Waals surface area contributed by atoms with E-state index in [1.54, 1.807) is 12.1 Å². The summed E-state index contributed by atoms with van der Waals surface area (Å²) >= 11 is 3.17. The highest BCUT2D eigenvalue weighted by Crippen LogP contribution is 2.21. The van der Waals surface area contributed by atoms with Crippen molar-refractivity contribution >= 4 is 21.9 Å². The first-order chi connectivity index (χ1) is 7.16. The van der Waals surface area contributed by atoms with Crippen LogP contribution in [0.25, 0.3) is 11.5 Å². The molecule has 2 rings (SSSR count). The second-order valence-corrected chi connectivity index (χ2v) is 3.67. The van der Waals surface area contributed by atoms with Gasteiger partial charge in [0.1, 0.15) is 10.9 Å². The summed E-state index contributed by atoms with van der Waals surface area (Å²) in [5, 5.41) is 8.70.